The van der Waals surface area contributed by atoms with E-state index in [9.17, 15) is 4.79 Å². The van der Waals surface area contributed by atoms with Crippen molar-refractivity contribution >= 4 is 41.5 Å². The third kappa shape index (κ3) is 5.60. The van der Waals surface area contributed by atoms with Crippen molar-refractivity contribution < 1.29 is 9.53 Å². The SMILES string of the molecule is C#CCNC(=NCCCN1C(=O)COc2ccccc21)NCC.I. The molecule has 1 aromatic rings. The van der Waals surface area contributed by atoms with Crippen molar-refractivity contribution in [2.75, 3.05) is 37.7 Å². The predicted molar refractivity (Wildman–Crippen MR) is 107 cm³/mol. The smallest absolute Gasteiger partial charge is 0.265 e. The number of rotatable bonds is 6. The Morgan fingerprint density at radius 3 is 2.96 bits per heavy atom. The fourth-order valence-corrected chi connectivity index (χ4v) is 2.30. The van der Waals surface area contributed by atoms with Crippen LogP contribution in [0.5, 0.6) is 5.75 Å². The molecule has 1 aliphatic rings. The number of para-hydroxylation sites is 2. The third-order valence-corrected chi connectivity index (χ3v) is 3.32. The first-order chi connectivity index (χ1) is 11.3. The standard InChI is InChI=1S/C17H22N4O2.HI/c1-3-10-19-17(18-4-2)20-11-7-12-21-14-8-5-6-9-15(14)23-13-16(21)22;/h1,5-6,8-9H,4,7,10-13H2,2H3,(H2,18,19,20);1H. The number of anilines is 1. The van der Waals surface area contributed by atoms with E-state index in [4.69, 9.17) is 11.2 Å². The Morgan fingerprint density at radius 2 is 2.21 bits per heavy atom. The minimum Gasteiger partial charge on any atom is -0.482 e. The molecule has 0 saturated carbocycles. The average Bonchev–Trinajstić information content (AvgIpc) is 2.58. The number of fused-ring (bicyclic) bond motifs is 1. The van der Waals surface area contributed by atoms with E-state index in [1.54, 1.807) is 4.90 Å². The highest BCUT2D eigenvalue weighted by Gasteiger charge is 2.24. The van der Waals surface area contributed by atoms with Crippen molar-refractivity contribution in [3.8, 4) is 18.1 Å². The summed E-state index contributed by atoms with van der Waals surface area (Å²) in [4.78, 5) is 18.3. The highest BCUT2D eigenvalue weighted by atomic mass is 127. The molecule has 130 valence electrons. The van der Waals surface area contributed by atoms with Gasteiger partial charge in [0.05, 0.1) is 12.2 Å². The Hall–Kier alpha value is -1.95. The normalized spacial score (nSPS) is 13.2. The van der Waals surface area contributed by atoms with Crippen molar-refractivity contribution in [3.63, 3.8) is 0 Å². The van der Waals surface area contributed by atoms with Crippen molar-refractivity contribution in [2.24, 2.45) is 4.99 Å². The van der Waals surface area contributed by atoms with Crippen LogP contribution < -0.4 is 20.3 Å². The lowest BCUT2D eigenvalue weighted by Crippen LogP contribution is -2.40. The van der Waals surface area contributed by atoms with Gasteiger partial charge in [-0.15, -0.1) is 30.4 Å². The van der Waals surface area contributed by atoms with E-state index in [1.807, 2.05) is 31.2 Å². The van der Waals surface area contributed by atoms with Crippen LogP contribution in [0.15, 0.2) is 29.3 Å². The van der Waals surface area contributed by atoms with Crippen molar-refractivity contribution in [1.29, 1.82) is 0 Å². The Morgan fingerprint density at radius 1 is 1.42 bits per heavy atom. The van der Waals surface area contributed by atoms with Crippen molar-refractivity contribution in [3.05, 3.63) is 24.3 Å². The quantitative estimate of drug-likeness (QED) is 0.231. The van der Waals surface area contributed by atoms with Gasteiger partial charge < -0.3 is 20.3 Å². The maximum atomic E-state index is 12.0. The maximum Gasteiger partial charge on any atom is 0.265 e. The van der Waals surface area contributed by atoms with Gasteiger partial charge in [0.15, 0.2) is 12.6 Å². The third-order valence-electron chi connectivity index (χ3n) is 3.32. The Kier molecular flexibility index (Phi) is 9.01. The van der Waals surface area contributed by atoms with Gasteiger partial charge >= 0.3 is 0 Å². The molecule has 2 N–H and O–H groups in total. The molecule has 6 nitrogen and oxygen atoms in total. The molecule has 0 atom stereocenters. The van der Waals surface area contributed by atoms with Crippen molar-refractivity contribution in [2.45, 2.75) is 13.3 Å². The van der Waals surface area contributed by atoms with Crippen LogP contribution >= 0.6 is 24.0 Å². The number of nitrogens with one attached hydrogen (secondary N) is 2. The Bertz CT molecular complexity index is 613. The number of guanidine groups is 1. The van der Waals surface area contributed by atoms with Gasteiger partial charge in [0.2, 0.25) is 0 Å². The van der Waals surface area contributed by atoms with E-state index in [0.717, 1.165) is 24.4 Å². The summed E-state index contributed by atoms with van der Waals surface area (Å²) < 4.78 is 5.43. The Labute approximate surface area is 160 Å². The van der Waals surface area contributed by atoms with Gasteiger partial charge in [0.1, 0.15) is 5.75 Å². The van der Waals surface area contributed by atoms with E-state index in [-0.39, 0.29) is 36.5 Å². The number of benzene rings is 1. The van der Waals surface area contributed by atoms with Crippen LogP contribution in [0.2, 0.25) is 0 Å². The summed E-state index contributed by atoms with van der Waals surface area (Å²) in [5, 5.41) is 6.16. The lowest BCUT2D eigenvalue weighted by Gasteiger charge is -2.29. The molecule has 0 aromatic heterocycles. The summed E-state index contributed by atoms with van der Waals surface area (Å²) in [5.41, 5.74) is 0.824. The molecular formula is C17H23IN4O2. The number of halogens is 1. The summed E-state index contributed by atoms with van der Waals surface area (Å²) in [6.07, 6.45) is 5.99. The number of carbonyl (C=O) groups excluding carboxylic acids is 1. The monoisotopic (exact) mass is 442 g/mol. The van der Waals surface area contributed by atoms with Gasteiger partial charge in [0, 0.05) is 19.6 Å². The molecule has 1 heterocycles. The van der Waals surface area contributed by atoms with E-state index in [2.05, 4.69) is 21.5 Å². The van der Waals surface area contributed by atoms with Crippen LogP contribution in [0.3, 0.4) is 0 Å². The molecule has 0 aliphatic carbocycles. The number of ether oxygens (including phenoxy) is 1. The highest BCUT2D eigenvalue weighted by molar-refractivity contribution is 14.0. The number of carbonyl (C=O) groups is 1. The second kappa shape index (κ2) is 10.8. The average molecular weight is 442 g/mol. The number of aliphatic imine (C=N–C) groups is 1. The second-order valence-electron chi connectivity index (χ2n) is 4.97. The summed E-state index contributed by atoms with van der Waals surface area (Å²) in [6.45, 7) is 4.50. The highest BCUT2D eigenvalue weighted by Crippen LogP contribution is 2.31. The molecule has 0 unspecified atom stereocenters. The van der Waals surface area contributed by atoms with E-state index >= 15 is 0 Å². The van der Waals surface area contributed by atoms with Gasteiger partial charge in [-0.2, -0.15) is 0 Å². The van der Waals surface area contributed by atoms with Gasteiger partial charge in [0.25, 0.3) is 5.91 Å². The van der Waals surface area contributed by atoms with Crippen LogP contribution in [-0.2, 0) is 4.79 Å². The zero-order valence-corrected chi connectivity index (χ0v) is 16.1. The minimum absolute atomic E-state index is 0. The fourth-order valence-electron chi connectivity index (χ4n) is 2.30. The predicted octanol–water partition coefficient (Wildman–Crippen LogP) is 1.61. The maximum absolute atomic E-state index is 12.0. The summed E-state index contributed by atoms with van der Waals surface area (Å²) in [6, 6.07) is 7.57. The molecule has 0 fully saturated rings. The van der Waals surface area contributed by atoms with Gasteiger partial charge in [-0.05, 0) is 25.5 Å². The molecule has 24 heavy (non-hydrogen) atoms. The first-order valence-electron chi connectivity index (χ1n) is 7.74. The van der Waals surface area contributed by atoms with Crippen LogP contribution in [0.1, 0.15) is 13.3 Å². The van der Waals surface area contributed by atoms with E-state index in [0.29, 0.717) is 25.6 Å². The first kappa shape index (κ1) is 20.1. The van der Waals surface area contributed by atoms with Crippen LogP contribution in [-0.4, -0.2) is 44.7 Å². The largest absolute Gasteiger partial charge is 0.482 e. The van der Waals surface area contributed by atoms with Crippen LogP contribution in [0.25, 0.3) is 0 Å². The van der Waals surface area contributed by atoms with Gasteiger partial charge in [-0.3, -0.25) is 9.79 Å². The van der Waals surface area contributed by atoms with Gasteiger partial charge in [-0.25, -0.2) is 0 Å². The molecule has 1 amide bonds. The van der Waals surface area contributed by atoms with E-state index in [1.165, 1.54) is 0 Å². The molecule has 0 spiro atoms. The molecule has 0 radical (unpaired) electrons. The molecule has 1 aromatic carbocycles. The molecular weight excluding hydrogens is 419 g/mol. The summed E-state index contributed by atoms with van der Waals surface area (Å²) in [5.74, 6) is 3.94. The minimum atomic E-state index is -0.0231. The topological polar surface area (TPSA) is 66.0 Å². The molecule has 0 saturated heterocycles. The lowest BCUT2D eigenvalue weighted by atomic mass is 10.2. The summed E-state index contributed by atoms with van der Waals surface area (Å²) >= 11 is 0. The number of amides is 1. The zero-order chi connectivity index (χ0) is 16.5. The lowest BCUT2D eigenvalue weighted by molar-refractivity contribution is -0.121. The van der Waals surface area contributed by atoms with Crippen LogP contribution in [0, 0.1) is 12.3 Å². The number of hydrogen-bond donors (Lipinski definition) is 2. The number of nitrogens with zero attached hydrogens (tertiary/aromatic N) is 2. The van der Waals surface area contributed by atoms with Crippen molar-refractivity contribution in [1.82, 2.24) is 10.6 Å². The fraction of sp³-hybridized carbons (Fsp3) is 0.412. The Balaban J connectivity index is 0.00000288. The number of terminal acetylenes is 1. The molecule has 1 aliphatic heterocycles. The first-order valence-corrected chi connectivity index (χ1v) is 7.74. The molecule has 0 bridgehead atoms. The number of hydrogen-bond acceptors (Lipinski definition) is 3. The second-order valence-corrected chi connectivity index (χ2v) is 4.97. The molecule has 7 heteroatoms. The summed E-state index contributed by atoms with van der Waals surface area (Å²) in [7, 11) is 0. The van der Waals surface area contributed by atoms with E-state index < -0.39 is 0 Å². The zero-order valence-electron chi connectivity index (χ0n) is 13.7. The van der Waals surface area contributed by atoms with Crippen LogP contribution in [0.4, 0.5) is 5.69 Å². The molecule has 2 rings (SSSR count). The van der Waals surface area contributed by atoms with Gasteiger partial charge in [-0.1, -0.05) is 18.1 Å².